The number of piperazine rings is 1. The number of fused-ring (bicyclic) bond motifs is 3. The van der Waals surface area contributed by atoms with E-state index in [0.717, 1.165) is 32.5 Å². The molecule has 2 aliphatic rings. The Labute approximate surface area is 243 Å². The van der Waals surface area contributed by atoms with Gasteiger partial charge in [0.25, 0.3) is 0 Å². The van der Waals surface area contributed by atoms with Gasteiger partial charge in [0.2, 0.25) is 0 Å². The molecule has 41 heavy (non-hydrogen) atoms. The monoisotopic (exact) mass is 555 g/mol. The molecule has 1 fully saturated rings. The molecule has 1 N–H and O–H groups in total. The highest BCUT2D eigenvalue weighted by Gasteiger charge is 2.34. The van der Waals surface area contributed by atoms with Gasteiger partial charge in [0, 0.05) is 44.7 Å². The summed E-state index contributed by atoms with van der Waals surface area (Å²) in [6.45, 7) is 9.33. The van der Waals surface area contributed by atoms with E-state index in [4.69, 9.17) is 9.47 Å². The van der Waals surface area contributed by atoms with Gasteiger partial charge < -0.3 is 19.7 Å². The maximum atomic E-state index is 13.5. The summed E-state index contributed by atoms with van der Waals surface area (Å²) in [4.78, 5) is 29.9. The van der Waals surface area contributed by atoms with Crippen LogP contribution in [0.4, 0.5) is 9.59 Å². The Morgan fingerprint density at radius 1 is 0.878 bits per heavy atom. The third kappa shape index (κ3) is 7.27. The summed E-state index contributed by atoms with van der Waals surface area (Å²) in [6.07, 6.45) is 0.804. The first-order valence-electron chi connectivity index (χ1n) is 14.6. The topological polar surface area (TPSA) is 71.1 Å². The van der Waals surface area contributed by atoms with E-state index in [0.29, 0.717) is 19.7 Å². The van der Waals surface area contributed by atoms with Gasteiger partial charge in [-0.15, -0.1) is 0 Å². The van der Waals surface area contributed by atoms with E-state index in [9.17, 15) is 9.59 Å². The van der Waals surface area contributed by atoms with Gasteiger partial charge in [0.05, 0.1) is 0 Å². The van der Waals surface area contributed by atoms with Crippen LogP contribution in [0.25, 0.3) is 11.1 Å². The largest absolute Gasteiger partial charge is 0.448 e. The smallest absolute Gasteiger partial charge is 0.410 e. The SMILES string of the molecule is CC(C)(C)OC(=O)NCCCC1CN(Cc2ccccc2)CCN1C(=O)OCC1c2ccccc2-c2ccccc21. The molecule has 0 saturated carbocycles. The van der Waals surface area contributed by atoms with Crippen molar-refractivity contribution in [3.05, 3.63) is 95.6 Å². The normalized spacial score (nSPS) is 17.0. The van der Waals surface area contributed by atoms with Crippen LogP contribution in [0.15, 0.2) is 78.9 Å². The number of carbonyl (C=O) groups excluding carboxylic acids is 2. The Morgan fingerprint density at radius 2 is 1.51 bits per heavy atom. The first kappa shape index (κ1) is 28.7. The van der Waals surface area contributed by atoms with Crippen LogP contribution < -0.4 is 5.32 Å². The van der Waals surface area contributed by atoms with Gasteiger partial charge in [-0.1, -0.05) is 78.9 Å². The van der Waals surface area contributed by atoms with E-state index in [1.54, 1.807) is 0 Å². The van der Waals surface area contributed by atoms with Gasteiger partial charge in [0.15, 0.2) is 0 Å². The van der Waals surface area contributed by atoms with E-state index in [1.165, 1.54) is 27.8 Å². The van der Waals surface area contributed by atoms with Crippen LogP contribution in [0.1, 0.15) is 56.2 Å². The second-order valence-electron chi connectivity index (χ2n) is 11.9. The number of alkyl carbamates (subject to hydrolysis) is 1. The first-order chi connectivity index (χ1) is 19.8. The van der Waals surface area contributed by atoms with Crippen molar-refractivity contribution in [2.75, 3.05) is 32.8 Å². The fourth-order valence-electron chi connectivity index (χ4n) is 5.91. The predicted octanol–water partition coefficient (Wildman–Crippen LogP) is 6.43. The average Bonchev–Trinajstić information content (AvgIpc) is 3.27. The second-order valence-corrected chi connectivity index (χ2v) is 11.9. The summed E-state index contributed by atoms with van der Waals surface area (Å²) in [5.74, 6) is 0.0298. The van der Waals surface area contributed by atoms with E-state index in [1.807, 2.05) is 43.9 Å². The second kappa shape index (κ2) is 12.8. The van der Waals surface area contributed by atoms with Gasteiger partial charge >= 0.3 is 12.2 Å². The minimum absolute atomic E-state index is 0.0106. The number of nitrogens with one attached hydrogen (secondary N) is 1. The molecule has 1 unspecified atom stereocenters. The zero-order valence-corrected chi connectivity index (χ0v) is 24.3. The lowest BCUT2D eigenvalue weighted by Crippen LogP contribution is -2.55. The molecular formula is C34H41N3O4. The van der Waals surface area contributed by atoms with Crippen LogP contribution in [-0.2, 0) is 16.0 Å². The van der Waals surface area contributed by atoms with Crippen molar-refractivity contribution in [1.29, 1.82) is 0 Å². The molecule has 1 heterocycles. The summed E-state index contributed by atoms with van der Waals surface area (Å²) >= 11 is 0. The maximum absolute atomic E-state index is 13.5. The number of nitrogens with zero attached hydrogens (tertiary/aromatic N) is 2. The van der Waals surface area contributed by atoms with Gasteiger partial charge in [-0.2, -0.15) is 0 Å². The molecule has 7 nitrogen and oxygen atoms in total. The van der Waals surface area contributed by atoms with Gasteiger partial charge in [-0.3, -0.25) is 4.90 Å². The third-order valence-corrected chi connectivity index (χ3v) is 7.77. The number of benzene rings is 3. The quantitative estimate of drug-likeness (QED) is 0.325. The summed E-state index contributed by atoms with van der Waals surface area (Å²) in [7, 11) is 0. The molecule has 1 saturated heterocycles. The molecule has 1 aliphatic heterocycles. The fourth-order valence-corrected chi connectivity index (χ4v) is 5.91. The lowest BCUT2D eigenvalue weighted by molar-refractivity contribution is 0.0386. The molecule has 1 aliphatic carbocycles. The van der Waals surface area contributed by atoms with Gasteiger partial charge in [-0.25, -0.2) is 9.59 Å². The maximum Gasteiger partial charge on any atom is 0.410 e. The molecule has 1 atom stereocenters. The van der Waals surface area contributed by atoms with Crippen molar-refractivity contribution in [3.63, 3.8) is 0 Å². The Balaban J connectivity index is 1.22. The zero-order valence-electron chi connectivity index (χ0n) is 24.3. The third-order valence-electron chi connectivity index (χ3n) is 7.77. The molecule has 0 spiro atoms. The summed E-state index contributed by atoms with van der Waals surface area (Å²) in [6, 6.07) is 27.2. The zero-order chi connectivity index (χ0) is 28.8. The van der Waals surface area contributed by atoms with E-state index in [2.05, 4.69) is 70.9 Å². The van der Waals surface area contributed by atoms with Crippen molar-refractivity contribution in [3.8, 4) is 11.1 Å². The minimum Gasteiger partial charge on any atom is -0.448 e. The van der Waals surface area contributed by atoms with Crippen LogP contribution in [0.5, 0.6) is 0 Å². The Hall–Kier alpha value is -3.84. The van der Waals surface area contributed by atoms with Crippen molar-refractivity contribution < 1.29 is 19.1 Å². The number of ether oxygens (including phenoxy) is 2. The summed E-state index contributed by atoms with van der Waals surface area (Å²) < 4.78 is 11.4. The van der Waals surface area contributed by atoms with Crippen molar-refractivity contribution in [2.24, 2.45) is 0 Å². The molecule has 2 amide bonds. The Kier molecular flexibility index (Phi) is 8.93. The average molecular weight is 556 g/mol. The molecule has 3 aromatic rings. The standard InChI is InChI=1S/C34H41N3O4/c1-34(2,3)41-32(38)35-19-11-14-26-23-36(22-25-12-5-4-6-13-25)20-21-37(26)33(39)40-24-31-29-17-9-7-15-27(29)28-16-8-10-18-30(28)31/h4-10,12-13,15-18,26,31H,11,14,19-24H2,1-3H3,(H,35,38). The highest BCUT2D eigenvalue weighted by Crippen LogP contribution is 2.44. The van der Waals surface area contributed by atoms with Crippen LogP contribution >= 0.6 is 0 Å². The lowest BCUT2D eigenvalue weighted by Gasteiger charge is -2.41. The molecule has 7 heteroatoms. The van der Waals surface area contributed by atoms with Crippen LogP contribution in [0.2, 0.25) is 0 Å². The Morgan fingerprint density at radius 3 is 2.17 bits per heavy atom. The fraction of sp³-hybridized carbons (Fsp3) is 0.412. The first-order valence-corrected chi connectivity index (χ1v) is 14.6. The number of hydrogen-bond donors (Lipinski definition) is 1. The van der Waals surface area contributed by atoms with Crippen LogP contribution in [0.3, 0.4) is 0 Å². The van der Waals surface area contributed by atoms with Crippen molar-refractivity contribution in [1.82, 2.24) is 15.1 Å². The summed E-state index contributed by atoms with van der Waals surface area (Å²) in [5.41, 5.74) is 5.57. The highest BCUT2D eigenvalue weighted by molar-refractivity contribution is 5.79. The Bertz CT molecular complexity index is 1290. The van der Waals surface area contributed by atoms with Gasteiger partial charge in [-0.05, 0) is 61.4 Å². The van der Waals surface area contributed by atoms with Crippen LogP contribution in [0, 0.1) is 0 Å². The number of amides is 2. The molecule has 0 aromatic heterocycles. The number of rotatable bonds is 8. The lowest BCUT2D eigenvalue weighted by atomic mass is 9.98. The van der Waals surface area contributed by atoms with Gasteiger partial charge in [0.1, 0.15) is 12.2 Å². The van der Waals surface area contributed by atoms with E-state index < -0.39 is 11.7 Å². The minimum atomic E-state index is -0.535. The summed E-state index contributed by atoms with van der Waals surface area (Å²) in [5, 5.41) is 2.85. The molecule has 3 aromatic carbocycles. The molecule has 216 valence electrons. The molecule has 0 bridgehead atoms. The van der Waals surface area contributed by atoms with Crippen LogP contribution in [-0.4, -0.2) is 66.4 Å². The van der Waals surface area contributed by atoms with Crippen molar-refractivity contribution >= 4 is 12.2 Å². The highest BCUT2D eigenvalue weighted by atomic mass is 16.6. The van der Waals surface area contributed by atoms with E-state index in [-0.39, 0.29) is 18.1 Å². The number of carbonyl (C=O) groups is 2. The van der Waals surface area contributed by atoms with E-state index >= 15 is 0 Å². The molecular weight excluding hydrogens is 514 g/mol. The predicted molar refractivity (Wildman–Crippen MR) is 161 cm³/mol. The van der Waals surface area contributed by atoms with Crippen molar-refractivity contribution in [2.45, 2.75) is 57.7 Å². The number of hydrogen-bond acceptors (Lipinski definition) is 5. The molecule has 0 radical (unpaired) electrons. The molecule has 5 rings (SSSR count).